The Hall–Kier alpha value is -0.520. The second kappa shape index (κ2) is 7.48. The molecule has 1 aliphatic heterocycles. The van der Waals surface area contributed by atoms with Crippen molar-refractivity contribution < 1.29 is 8.42 Å². The molecule has 5 heteroatoms. The van der Waals surface area contributed by atoms with Crippen molar-refractivity contribution in [2.45, 2.75) is 43.2 Å². The lowest BCUT2D eigenvalue weighted by Crippen LogP contribution is -2.44. The van der Waals surface area contributed by atoms with Gasteiger partial charge in [-0.05, 0) is 37.1 Å². The average molecular weight is 313 g/mol. The fraction of sp³-hybridized carbons (Fsp3) is 0.600. The smallest absolute Gasteiger partial charge is 0.179 e. The van der Waals surface area contributed by atoms with Crippen LogP contribution >= 0.6 is 11.8 Å². The predicted molar refractivity (Wildman–Crippen MR) is 86.1 cm³/mol. The monoisotopic (exact) mass is 313 g/mol. The first-order chi connectivity index (χ1) is 9.62. The van der Waals surface area contributed by atoms with Gasteiger partial charge in [-0.3, -0.25) is 0 Å². The summed E-state index contributed by atoms with van der Waals surface area (Å²) in [6.07, 6.45) is 3.23. The van der Waals surface area contributed by atoms with Gasteiger partial charge in [-0.2, -0.15) is 11.8 Å². The van der Waals surface area contributed by atoms with Crippen LogP contribution in [-0.4, -0.2) is 37.8 Å². The Labute approximate surface area is 126 Å². The summed E-state index contributed by atoms with van der Waals surface area (Å²) in [5.41, 5.74) is 0. The van der Waals surface area contributed by atoms with Crippen LogP contribution in [0.5, 0.6) is 0 Å². The van der Waals surface area contributed by atoms with Crippen molar-refractivity contribution in [3.8, 4) is 0 Å². The van der Waals surface area contributed by atoms with E-state index in [1.54, 1.807) is 24.3 Å². The van der Waals surface area contributed by atoms with E-state index in [2.05, 4.69) is 5.32 Å². The second-order valence-electron chi connectivity index (χ2n) is 5.28. The first-order valence-electron chi connectivity index (χ1n) is 7.23. The standard InChI is InChI=1S/C15H23NO2S2/c1-2-13(16-14-7-6-10-19-11-14)12-20(17,18)15-8-4-3-5-9-15/h3-5,8-9,13-14,16H,2,6-7,10-12H2,1H3/t13-,14+/m0/s1. The fourth-order valence-electron chi connectivity index (χ4n) is 2.48. The van der Waals surface area contributed by atoms with Crippen molar-refractivity contribution in [1.29, 1.82) is 0 Å². The van der Waals surface area contributed by atoms with E-state index in [0.29, 0.717) is 10.9 Å². The van der Waals surface area contributed by atoms with Gasteiger partial charge in [0.15, 0.2) is 9.84 Å². The molecule has 0 amide bonds. The highest BCUT2D eigenvalue weighted by Gasteiger charge is 2.23. The number of nitrogens with one attached hydrogen (secondary N) is 1. The van der Waals surface area contributed by atoms with Gasteiger partial charge in [0.2, 0.25) is 0 Å². The van der Waals surface area contributed by atoms with E-state index in [4.69, 9.17) is 0 Å². The SMILES string of the molecule is CC[C@@H](CS(=O)(=O)c1ccccc1)N[C@@H]1CCCSC1. The van der Waals surface area contributed by atoms with Gasteiger partial charge in [0.1, 0.15) is 0 Å². The Bertz CT molecular complexity index is 496. The molecule has 3 nitrogen and oxygen atoms in total. The molecule has 2 rings (SSSR count). The minimum absolute atomic E-state index is 0.0453. The molecular weight excluding hydrogens is 290 g/mol. The van der Waals surface area contributed by atoms with Crippen LogP contribution in [-0.2, 0) is 9.84 Å². The van der Waals surface area contributed by atoms with Gasteiger partial charge in [0.05, 0.1) is 10.6 Å². The van der Waals surface area contributed by atoms with Crippen molar-refractivity contribution in [3.05, 3.63) is 30.3 Å². The Balaban J connectivity index is 1.98. The van der Waals surface area contributed by atoms with Gasteiger partial charge >= 0.3 is 0 Å². The number of hydrogen-bond donors (Lipinski definition) is 1. The average Bonchev–Trinajstić information content (AvgIpc) is 2.48. The third-order valence-corrected chi connectivity index (χ3v) is 6.69. The molecule has 1 aromatic carbocycles. The van der Waals surface area contributed by atoms with Crippen LogP contribution in [0.15, 0.2) is 35.2 Å². The van der Waals surface area contributed by atoms with E-state index in [-0.39, 0.29) is 11.8 Å². The summed E-state index contributed by atoms with van der Waals surface area (Å²) in [7, 11) is -3.19. The van der Waals surface area contributed by atoms with Crippen LogP contribution in [0, 0.1) is 0 Å². The Morgan fingerprint density at radius 1 is 1.35 bits per heavy atom. The third-order valence-electron chi connectivity index (χ3n) is 3.65. The van der Waals surface area contributed by atoms with Crippen LogP contribution in [0.25, 0.3) is 0 Å². The summed E-state index contributed by atoms with van der Waals surface area (Å²) in [6, 6.07) is 9.26. The maximum absolute atomic E-state index is 12.4. The Morgan fingerprint density at radius 2 is 2.10 bits per heavy atom. The topological polar surface area (TPSA) is 46.2 Å². The molecule has 112 valence electrons. The summed E-state index contributed by atoms with van der Waals surface area (Å²) in [5, 5.41) is 3.53. The molecule has 0 unspecified atom stereocenters. The zero-order valence-corrected chi connectivity index (χ0v) is 13.6. The highest BCUT2D eigenvalue weighted by Crippen LogP contribution is 2.19. The number of benzene rings is 1. The van der Waals surface area contributed by atoms with E-state index < -0.39 is 9.84 Å². The molecule has 0 aromatic heterocycles. The number of hydrogen-bond acceptors (Lipinski definition) is 4. The fourth-order valence-corrected chi connectivity index (χ4v) is 5.19. The molecule has 0 radical (unpaired) electrons. The van der Waals surface area contributed by atoms with Crippen LogP contribution < -0.4 is 5.32 Å². The predicted octanol–water partition coefficient (Wildman–Crippen LogP) is 2.72. The molecular formula is C15H23NO2S2. The molecule has 0 saturated carbocycles. The summed E-state index contributed by atoms with van der Waals surface area (Å²) in [4.78, 5) is 0.429. The highest BCUT2D eigenvalue weighted by molar-refractivity contribution is 7.99. The summed E-state index contributed by atoms with van der Waals surface area (Å²) >= 11 is 1.96. The quantitative estimate of drug-likeness (QED) is 0.877. The molecule has 2 atom stereocenters. The van der Waals surface area contributed by atoms with Crippen LogP contribution in [0.3, 0.4) is 0 Å². The third kappa shape index (κ3) is 4.50. The van der Waals surface area contributed by atoms with E-state index in [1.165, 1.54) is 12.2 Å². The van der Waals surface area contributed by atoms with Crippen molar-refractivity contribution >= 4 is 21.6 Å². The zero-order chi connectivity index (χ0) is 14.4. The van der Waals surface area contributed by atoms with Crippen molar-refractivity contribution in [1.82, 2.24) is 5.32 Å². The molecule has 1 aliphatic rings. The first-order valence-corrected chi connectivity index (χ1v) is 10.0. The highest BCUT2D eigenvalue weighted by atomic mass is 32.2. The number of thioether (sulfide) groups is 1. The molecule has 20 heavy (non-hydrogen) atoms. The van der Waals surface area contributed by atoms with Gasteiger partial charge in [-0.15, -0.1) is 0 Å². The lowest BCUT2D eigenvalue weighted by Gasteiger charge is -2.27. The molecule has 0 spiro atoms. The number of rotatable bonds is 6. The van der Waals surface area contributed by atoms with E-state index in [9.17, 15) is 8.42 Å². The molecule has 1 saturated heterocycles. The van der Waals surface area contributed by atoms with Crippen molar-refractivity contribution in [2.75, 3.05) is 17.3 Å². The molecule has 1 fully saturated rings. The van der Waals surface area contributed by atoms with E-state index in [1.807, 2.05) is 24.8 Å². The summed E-state index contributed by atoms with van der Waals surface area (Å²) in [5.74, 6) is 2.52. The van der Waals surface area contributed by atoms with Crippen molar-refractivity contribution in [3.63, 3.8) is 0 Å². The van der Waals surface area contributed by atoms with E-state index >= 15 is 0 Å². The molecule has 1 heterocycles. The largest absolute Gasteiger partial charge is 0.309 e. The summed E-state index contributed by atoms with van der Waals surface area (Å²) in [6.45, 7) is 2.05. The number of sulfone groups is 1. The maximum Gasteiger partial charge on any atom is 0.179 e. The van der Waals surface area contributed by atoms with Crippen LogP contribution in [0.1, 0.15) is 26.2 Å². The van der Waals surface area contributed by atoms with Gasteiger partial charge in [-0.25, -0.2) is 8.42 Å². The molecule has 1 N–H and O–H groups in total. The molecule has 0 aliphatic carbocycles. The Morgan fingerprint density at radius 3 is 2.70 bits per heavy atom. The first kappa shape index (κ1) is 15.9. The zero-order valence-electron chi connectivity index (χ0n) is 11.9. The second-order valence-corrected chi connectivity index (χ2v) is 8.46. The lowest BCUT2D eigenvalue weighted by molar-refractivity contribution is 0.434. The van der Waals surface area contributed by atoms with Gasteiger partial charge in [0, 0.05) is 17.8 Å². The lowest BCUT2D eigenvalue weighted by atomic mass is 10.1. The summed E-state index contributed by atoms with van der Waals surface area (Å²) < 4.78 is 24.8. The van der Waals surface area contributed by atoms with Crippen LogP contribution in [0.2, 0.25) is 0 Å². The minimum atomic E-state index is -3.19. The van der Waals surface area contributed by atoms with Crippen LogP contribution in [0.4, 0.5) is 0 Å². The van der Waals surface area contributed by atoms with Gasteiger partial charge in [-0.1, -0.05) is 25.1 Å². The molecule has 0 bridgehead atoms. The van der Waals surface area contributed by atoms with Crippen molar-refractivity contribution in [2.24, 2.45) is 0 Å². The normalized spacial score (nSPS) is 21.6. The van der Waals surface area contributed by atoms with E-state index in [0.717, 1.165) is 18.6 Å². The maximum atomic E-state index is 12.4. The Kier molecular flexibility index (Phi) is 5.93. The van der Waals surface area contributed by atoms with Gasteiger partial charge in [0.25, 0.3) is 0 Å². The minimum Gasteiger partial charge on any atom is -0.309 e. The van der Waals surface area contributed by atoms with Gasteiger partial charge < -0.3 is 5.32 Å². The molecule has 1 aromatic rings.